The van der Waals surface area contributed by atoms with Crippen LogP contribution in [-0.4, -0.2) is 5.71 Å². The molecule has 3 rings (SSSR count). The number of furan rings is 1. The Morgan fingerprint density at radius 2 is 1.52 bits per heavy atom. The van der Waals surface area contributed by atoms with Gasteiger partial charge in [-0.1, -0.05) is 48.5 Å². The molecule has 25 heavy (non-hydrogen) atoms. The highest BCUT2D eigenvalue weighted by Crippen LogP contribution is 2.28. The van der Waals surface area contributed by atoms with E-state index in [1.807, 2.05) is 68.4 Å². The van der Waals surface area contributed by atoms with Crippen LogP contribution in [0.2, 0.25) is 0 Å². The third-order valence-corrected chi connectivity index (χ3v) is 4.61. The van der Waals surface area contributed by atoms with Crippen molar-refractivity contribution < 1.29 is 4.42 Å². The Labute approximate surface area is 154 Å². The highest BCUT2D eigenvalue weighted by Gasteiger charge is 2.10. The van der Waals surface area contributed by atoms with Crippen LogP contribution in [-0.2, 0) is 0 Å². The van der Waals surface area contributed by atoms with Crippen molar-refractivity contribution in [3.8, 4) is 11.3 Å². The van der Waals surface area contributed by atoms with Crippen molar-refractivity contribution in [3.63, 3.8) is 0 Å². The fourth-order valence-corrected chi connectivity index (χ4v) is 2.92. The van der Waals surface area contributed by atoms with E-state index in [-0.39, 0.29) is 0 Å². The van der Waals surface area contributed by atoms with Gasteiger partial charge in [-0.3, -0.25) is 4.99 Å². The topological polar surface area (TPSA) is 25.5 Å². The lowest BCUT2D eigenvalue weighted by atomic mass is 10.1. The maximum absolute atomic E-state index is 6.00. The average Bonchev–Trinajstić information content (AvgIpc) is 3.12. The molecule has 0 N–H and O–H groups in total. The second kappa shape index (κ2) is 7.58. The molecule has 0 saturated heterocycles. The SMILES string of the molecule is CC(=N/C(C)=C(\C)c1ccccc1)c1ccc(-c2ccccc2S)o1. The smallest absolute Gasteiger partial charge is 0.148 e. The van der Waals surface area contributed by atoms with Crippen molar-refractivity contribution in [1.82, 2.24) is 0 Å². The fraction of sp³-hybridized carbons (Fsp3) is 0.136. The lowest BCUT2D eigenvalue weighted by Gasteiger charge is -2.05. The Kier molecular flexibility index (Phi) is 5.25. The quantitative estimate of drug-likeness (QED) is 0.423. The fourth-order valence-electron chi connectivity index (χ4n) is 2.65. The van der Waals surface area contributed by atoms with Crippen LogP contribution in [0.3, 0.4) is 0 Å². The number of allylic oxidation sites excluding steroid dienone is 2. The zero-order valence-electron chi connectivity index (χ0n) is 14.7. The first-order valence-corrected chi connectivity index (χ1v) is 8.67. The summed E-state index contributed by atoms with van der Waals surface area (Å²) in [5.74, 6) is 1.57. The molecule has 2 nitrogen and oxygen atoms in total. The maximum atomic E-state index is 6.00. The molecule has 3 aromatic rings. The van der Waals surface area contributed by atoms with Gasteiger partial charge < -0.3 is 4.42 Å². The van der Waals surface area contributed by atoms with Crippen molar-refractivity contribution in [2.24, 2.45) is 4.99 Å². The summed E-state index contributed by atoms with van der Waals surface area (Å²) in [4.78, 5) is 5.63. The third-order valence-electron chi connectivity index (χ3n) is 4.22. The minimum Gasteiger partial charge on any atom is -0.455 e. The summed E-state index contributed by atoms with van der Waals surface area (Å²) in [6, 6.07) is 22.1. The van der Waals surface area contributed by atoms with Gasteiger partial charge in [0.25, 0.3) is 0 Å². The normalized spacial score (nSPS) is 12.9. The molecule has 2 aromatic carbocycles. The van der Waals surface area contributed by atoms with E-state index >= 15 is 0 Å². The number of thiol groups is 1. The molecule has 0 bridgehead atoms. The molecule has 3 heteroatoms. The van der Waals surface area contributed by atoms with Gasteiger partial charge in [0.1, 0.15) is 11.5 Å². The Bertz CT molecular complexity index is 935. The molecule has 0 aliphatic rings. The van der Waals surface area contributed by atoms with Gasteiger partial charge in [0, 0.05) is 16.2 Å². The van der Waals surface area contributed by atoms with Crippen molar-refractivity contribution in [2.45, 2.75) is 25.7 Å². The summed E-state index contributed by atoms with van der Waals surface area (Å²) in [5, 5.41) is 0. The van der Waals surface area contributed by atoms with Crippen LogP contribution in [0.5, 0.6) is 0 Å². The summed E-state index contributed by atoms with van der Waals surface area (Å²) in [6.45, 7) is 6.09. The molecular formula is C22H21NOS. The first-order chi connectivity index (χ1) is 12.1. The second-order valence-electron chi connectivity index (χ2n) is 5.95. The van der Waals surface area contributed by atoms with E-state index in [4.69, 9.17) is 9.41 Å². The summed E-state index contributed by atoms with van der Waals surface area (Å²) in [6.07, 6.45) is 0. The Hall–Kier alpha value is -2.52. The van der Waals surface area contributed by atoms with Gasteiger partial charge in [-0.2, -0.15) is 0 Å². The minimum atomic E-state index is 0.770. The van der Waals surface area contributed by atoms with Crippen molar-refractivity contribution in [1.29, 1.82) is 0 Å². The van der Waals surface area contributed by atoms with E-state index in [2.05, 4.69) is 31.7 Å². The largest absolute Gasteiger partial charge is 0.455 e. The van der Waals surface area contributed by atoms with E-state index in [1.54, 1.807) is 0 Å². The van der Waals surface area contributed by atoms with E-state index in [0.717, 1.165) is 39.0 Å². The minimum absolute atomic E-state index is 0.770. The van der Waals surface area contributed by atoms with Crippen LogP contribution >= 0.6 is 12.6 Å². The first-order valence-electron chi connectivity index (χ1n) is 8.23. The number of rotatable bonds is 4. The van der Waals surface area contributed by atoms with Gasteiger partial charge >= 0.3 is 0 Å². The highest BCUT2D eigenvalue weighted by molar-refractivity contribution is 7.80. The molecule has 0 fully saturated rings. The molecule has 0 atom stereocenters. The Morgan fingerprint density at radius 3 is 2.24 bits per heavy atom. The van der Waals surface area contributed by atoms with Crippen molar-refractivity contribution in [3.05, 3.63) is 83.8 Å². The van der Waals surface area contributed by atoms with E-state index in [0.29, 0.717) is 0 Å². The van der Waals surface area contributed by atoms with Crippen molar-refractivity contribution in [2.75, 3.05) is 0 Å². The van der Waals surface area contributed by atoms with Crippen molar-refractivity contribution >= 4 is 23.9 Å². The van der Waals surface area contributed by atoms with E-state index < -0.39 is 0 Å². The molecule has 0 radical (unpaired) electrons. The molecule has 1 heterocycles. The molecule has 0 spiro atoms. The third kappa shape index (κ3) is 3.94. The molecular weight excluding hydrogens is 326 g/mol. The average molecular weight is 347 g/mol. The van der Waals surface area contributed by atoms with Crippen LogP contribution in [0.25, 0.3) is 16.9 Å². The lowest BCUT2D eigenvalue weighted by molar-refractivity contribution is 0.570. The molecule has 1 aromatic heterocycles. The van der Waals surface area contributed by atoms with Crippen LogP contribution in [0.1, 0.15) is 32.1 Å². The number of nitrogens with zero attached hydrogens (tertiary/aromatic N) is 1. The predicted molar refractivity (Wildman–Crippen MR) is 108 cm³/mol. The van der Waals surface area contributed by atoms with Crippen LogP contribution < -0.4 is 0 Å². The zero-order valence-corrected chi connectivity index (χ0v) is 15.5. The highest BCUT2D eigenvalue weighted by atomic mass is 32.1. The molecule has 0 aliphatic carbocycles. The van der Waals surface area contributed by atoms with Crippen LogP contribution in [0, 0.1) is 0 Å². The molecule has 0 saturated carbocycles. The van der Waals surface area contributed by atoms with Crippen LogP contribution in [0.4, 0.5) is 0 Å². The molecule has 0 aliphatic heterocycles. The number of hydrogen-bond donors (Lipinski definition) is 1. The second-order valence-corrected chi connectivity index (χ2v) is 6.44. The first kappa shape index (κ1) is 17.3. The standard InChI is InChI=1S/C22H21NOS/c1-15(18-9-5-4-6-10-18)16(2)23-17(3)20-13-14-21(24-20)19-11-7-8-12-22(19)25/h4-14,25H,1-3H3/b16-15+,23-17?. The predicted octanol–water partition coefficient (Wildman–Crippen LogP) is 6.50. The zero-order chi connectivity index (χ0) is 17.8. The van der Waals surface area contributed by atoms with Gasteiger partial charge in [-0.05, 0) is 50.1 Å². The number of benzene rings is 2. The molecule has 0 amide bonds. The summed E-state index contributed by atoms with van der Waals surface area (Å²) < 4.78 is 6.00. The summed E-state index contributed by atoms with van der Waals surface area (Å²) in [5.41, 5.74) is 5.16. The van der Waals surface area contributed by atoms with Crippen LogP contribution in [0.15, 0.2) is 86.7 Å². The number of hydrogen-bond acceptors (Lipinski definition) is 3. The van der Waals surface area contributed by atoms with E-state index in [1.165, 1.54) is 5.56 Å². The van der Waals surface area contributed by atoms with Gasteiger partial charge in [-0.25, -0.2) is 0 Å². The monoisotopic (exact) mass is 347 g/mol. The summed E-state index contributed by atoms with van der Waals surface area (Å²) >= 11 is 4.50. The lowest BCUT2D eigenvalue weighted by Crippen LogP contribution is -1.93. The number of aliphatic imine (C=N–C) groups is 1. The van der Waals surface area contributed by atoms with Gasteiger partial charge in [-0.15, -0.1) is 12.6 Å². The summed E-state index contributed by atoms with van der Waals surface area (Å²) in [7, 11) is 0. The Morgan fingerprint density at radius 1 is 0.840 bits per heavy atom. The van der Waals surface area contributed by atoms with Gasteiger partial charge in [0.05, 0.1) is 5.71 Å². The maximum Gasteiger partial charge on any atom is 0.148 e. The Balaban J connectivity index is 1.90. The van der Waals surface area contributed by atoms with Gasteiger partial charge in [0.15, 0.2) is 0 Å². The van der Waals surface area contributed by atoms with E-state index in [9.17, 15) is 0 Å². The molecule has 126 valence electrons. The molecule has 0 unspecified atom stereocenters. The van der Waals surface area contributed by atoms with Gasteiger partial charge in [0.2, 0.25) is 0 Å².